The number of aliphatic hydroxyl groups is 4. The molecule has 0 aromatic heterocycles. The highest BCUT2D eigenvalue weighted by Crippen LogP contribution is 2.72. The molecule has 0 spiro atoms. The van der Waals surface area contributed by atoms with Crippen molar-refractivity contribution in [2.75, 3.05) is 26.4 Å². The summed E-state index contributed by atoms with van der Waals surface area (Å²) in [5, 5.41) is 59.6. The minimum Gasteiger partial charge on any atom is -0.396 e. The average molecular weight is 1570 g/mol. The molecule has 0 amide bonds. The van der Waals surface area contributed by atoms with Crippen LogP contribution in [0.3, 0.4) is 0 Å². The van der Waals surface area contributed by atoms with Gasteiger partial charge in [-0.2, -0.15) is 18.9 Å². The molecule has 1 heterocycles. The van der Waals surface area contributed by atoms with Crippen molar-refractivity contribution in [1.82, 2.24) is 0 Å². The molecule has 34 atom stereocenters. The van der Waals surface area contributed by atoms with Gasteiger partial charge in [0.1, 0.15) is 11.6 Å². The van der Waals surface area contributed by atoms with Crippen LogP contribution < -0.4 is 0 Å². The maximum atomic E-state index is 12.6. The van der Waals surface area contributed by atoms with Crippen molar-refractivity contribution < 1.29 is 66.5 Å². The lowest BCUT2D eigenvalue weighted by molar-refractivity contribution is -0.173. The minimum absolute atomic E-state index is 0.00378. The SMILES string of the molecule is CC(C)CO.CC(C)CO[C@H]1C[C@@]2(C)[C@@H](CC[C@@H]3[C@@H]2CC[C@]2(C)C(=O)CC[C@@H]32)C[C@@H]1O.CC(C)CO[C@H]1C[C@@]2(C)[C@@H](CC[C@@H]3[C@@H]2CC[C@]2(C)[C@@H](C#N)CC[C@@H]32)C[C@@H]1O.CC(C)CO[C@H]1C[C@@]2(C)[C@@H](CC[C@@H]3[C@@H]2CC[C@]2(C)[C@H](C#N)CC[C@@H]32)C[C@@H]1O.C[C@]12C[C@H]3O[C@H]3C[C@@H]1CC[C@@H]1[C@@H]2CC[C@]2(C)C(=O)CC[C@@H]12.O=S(=O)(O)O. The molecular formula is C94H156N2O14S. The smallest absolute Gasteiger partial charge is 0.394 e. The summed E-state index contributed by atoms with van der Waals surface area (Å²) in [4.78, 5) is 25.0. The number of hydrogen-bond donors (Lipinski definition) is 6. The van der Waals surface area contributed by atoms with E-state index >= 15 is 0 Å². The molecule has 0 radical (unpaired) electrons. The molecular weight excluding hydrogens is 1410 g/mol. The summed E-state index contributed by atoms with van der Waals surface area (Å²) < 4.78 is 56.0. The molecule has 16 nitrogen and oxygen atoms in total. The lowest BCUT2D eigenvalue weighted by Gasteiger charge is -2.61. The average Bonchev–Trinajstić information content (AvgIpc) is 1.64. The van der Waals surface area contributed by atoms with Gasteiger partial charge in [0, 0.05) is 50.1 Å². The number of carbonyl (C=O) groups is 2. The molecule has 0 aromatic rings. The van der Waals surface area contributed by atoms with Crippen LogP contribution in [0.4, 0.5) is 0 Å². The Labute approximate surface area is 672 Å². The van der Waals surface area contributed by atoms with Crippen molar-refractivity contribution in [1.29, 1.82) is 10.5 Å². The number of aliphatic hydroxyl groups excluding tert-OH is 4. The summed E-state index contributed by atoms with van der Waals surface area (Å²) in [7, 11) is -4.67. The molecule has 111 heavy (non-hydrogen) atoms. The van der Waals surface area contributed by atoms with E-state index in [0.29, 0.717) is 112 Å². The molecule has 17 heteroatoms. The fourth-order valence-corrected chi connectivity index (χ4v) is 30.7. The number of epoxide rings is 1. The summed E-state index contributed by atoms with van der Waals surface area (Å²) in [5.74, 6) is 15.4. The van der Waals surface area contributed by atoms with Gasteiger partial charge >= 0.3 is 10.4 Å². The highest BCUT2D eigenvalue weighted by atomic mass is 32.3. The highest BCUT2D eigenvalue weighted by Gasteiger charge is 2.67. The first-order valence-corrected chi connectivity index (χ1v) is 47.2. The van der Waals surface area contributed by atoms with Crippen LogP contribution in [0.5, 0.6) is 0 Å². The third-order valence-electron chi connectivity index (χ3n) is 36.9. The predicted octanol–water partition coefficient (Wildman–Crippen LogP) is 18.9. The standard InChI is InChI=1S/2C24H39NO2.C23H38O3.C19H28O2.C4H10O.H2O4S/c2*1-15(2)14-27-22-12-24(4)16(11-21(22)26)5-7-18-19-8-6-17(13-25)23(19,3)10-9-20(18)24;1-14(2)13-26-20-12-23(4)15(11-19(20)24)5-6-16-17-7-8-21(25)22(17,3)10-9-18(16)23;1-18-8-7-14-12(13(18)5-6-17(18)20)4-3-11-9-15-16(21-15)10-19(11,14)2;1-4(2)3-5;1-5(2,3)4/h2*15-22,26H,5-12,14H2,1-4H3;14-20,24H,5-13H2,1-4H3;11-16H,3-10H2,1-2H3;4-5H,3H2,1-2H3;(H2,1,2,3,4)/t16-,17+,18-,19-,20-,21-,22-,23+,24-;16-,17-,18-,19-,20-,21-,22-,23+,24-;15-,16-,17-,18-,19-,20-,22-,23-;11-,12-,13-,14-,15-,16+,18-,19-;;/m0000../s1. The van der Waals surface area contributed by atoms with Gasteiger partial charge < -0.3 is 39.4 Å². The lowest BCUT2D eigenvalue weighted by Crippen LogP contribution is -2.57. The molecule has 1 saturated heterocycles. The first kappa shape index (κ1) is 88.2. The van der Waals surface area contributed by atoms with E-state index in [1.54, 1.807) is 0 Å². The maximum absolute atomic E-state index is 12.6. The van der Waals surface area contributed by atoms with Crippen molar-refractivity contribution in [3.63, 3.8) is 0 Å². The zero-order chi connectivity index (χ0) is 80.7. The van der Waals surface area contributed by atoms with Gasteiger partial charge in [-0.25, -0.2) is 0 Å². The van der Waals surface area contributed by atoms with Crippen LogP contribution in [0.1, 0.15) is 316 Å². The Bertz CT molecular complexity index is 3280. The number of nitrogens with zero attached hydrogens (tertiary/aromatic N) is 2. The predicted molar refractivity (Wildman–Crippen MR) is 433 cm³/mol. The maximum Gasteiger partial charge on any atom is 0.394 e. The molecule has 0 bridgehead atoms. The van der Waals surface area contributed by atoms with Gasteiger partial charge in [0.25, 0.3) is 0 Å². The Morgan fingerprint density at radius 3 is 0.991 bits per heavy atom. The van der Waals surface area contributed by atoms with E-state index in [9.17, 15) is 35.4 Å². The zero-order valence-corrected chi connectivity index (χ0v) is 72.8. The second kappa shape index (κ2) is 34.2. The molecule has 0 aromatic carbocycles. The van der Waals surface area contributed by atoms with E-state index in [2.05, 4.69) is 109 Å². The molecule has 17 rings (SSSR count). The normalized spacial score (nSPS) is 49.8. The van der Waals surface area contributed by atoms with Crippen LogP contribution in [0, 0.1) is 196 Å². The van der Waals surface area contributed by atoms with E-state index in [1.807, 2.05) is 13.8 Å². The van der Waals surface area contributed by atoms with Crippen molar-refractivity contribution in [3.8, 4) is 12.1 Å². The first-order valence-electron chi connectivity index (χ1n) is 45.8. The van der Waals surface area contributed by atoms with Crippen molar-refractivity contribution in [2.24, 2.45) is 174 Å². The van der Waals surface area contributed by atoms with Gasteiger partial charge in [-0.15, -0.1) is 0 Å². The molecule has 17 fully saturated rings. The van der Waals surface area contributed by atoms with Crippen molar-refractivity contribution >= 4 is 22.0 Å². The quantitative estimate of drug-likeness (QED) is 0.0876. The number of Topliss-reactive ketones (excluding diaryl/α,β-unsaturated/α-hetero) is 2. The Morgan fingerprint density at radius 1 is 0.396 bits per heavy atom. The van der Waals surface area contributed by atoms with Crippen molar-refractivity contribution in [2.45, 2.75) is 365 Å². The van der Waals surface area contributed by atoms with E-state index in [4.69, 9.17) is 41.6 Å². The Hall–Kier alpha value is -2.13. The molecule has 1 aliphatic heterocycles. The molecule has 16 aliphatic carbocycles. The van der Waals surface area contributed by atoms with E-state index in [-0.39, 0.29) is 75.5 Å². The molecule has 6 N–H and O–H groups in total. The van der Waals surface area contributed by atoms with Gasteiger partial charge in [0.05, 0.1) is 72.8 Å². The van der Waals surface area contributed by atoms with Gasteiger partial charge in [0.2, 0.25) is 0 Å². The van der Waals surface area contributed by atoms with Crippen LogP contribution in [0.15, 0.2) is 0 Å². The summed E-state index contributed by atoms with van der Waals surface area (Å²) >= 11 is 0. The van der Waals surface area contributed by atoms with E-state index < -0.39 is 10.4 Å². The molecule has 16 saturated carbocycles. The summed E-state index contributed by atoms with van der Waals surface area (Å²) in [6, 6.07) is 5.30. The Balaban J connectivity index is 0.000000132. The van der Waals surface area contributed by atoms with Gasteiger partial charge in [-0.05, 0) is 343 Å². The molecule has 17 aliphatic rings. The summed E-state index contributed by atoms with van der Waals surface area (Å²) in [6.45, 7) is 39.1. The van der Waals surface area contributed by atoms with Crippen LogP contribution in [-0.4, -0.2) is 125 Å². The van der Waals surface area contributed by atoms with E-state index in [1.165, 1.54) is 122 Å². The fourth-order valence-electron chi connectivity index (χ4n) is 30.7. The second-order valence-corrected chi connectivity index (χ2v) is 45.5. The number of ether oxygens (including phenoxy) is 4. The number of fused-ring (bicyclic) bond motifs is 21. The number of carbonyl (C=O) groups excluding carboxylic acids is 2. The Morgan fingerprint density at radius 2 is 0.685 bits per heavy atom. The number of nitriles is 2. The monoisotopic (exact) mass is 1570 g/mol. The molecule has 632 valence electrons. The van der Waals surface area contributed by atoms with Gasteiger partial charge in [-0.1, -0.05) is 111 Å². The molecule has 0 unspecified atom stereocenters. The first-order chi connectivity index (χ1) is 52.1. The number of hydrogen-bond acceptors (Lipinski definition) is 14. The largest absolute Gasteiger partial charge is 0.396 e. The third kappa shape index (κ3) is 17.2. The second-order valence-electron chi connectivity index (χ2n) is 44.6. The Kier molecular flexibility index (Phi) is 27.1. The zero-order valence-electron chi connectivity index (χ0n) is 72.0. The van der Waals surface area contributed by atoms with Gasteiger partial charge in [0.15, 0.2) is 0 Å². The third-order valence-corrected chi connectivity index (χ3v) is 36.9. The highest BCUT2D eigenvalue weighted by molar-refractivity contribution is 7.79. The van der Waals surface area contributed by atoms with E-state index in [0.717, 1.165) is 157 Å². The van der Waals surface area contributed by atoms with Crippen LogP contribution in [0.2, 0.25) is 0 Å². The van der Waals surface area contributed by atoms with Gasteiger partial charge in [-0.3, -0.25) is 18.7 Å². The van der Waals surface area contributed by atoms with Crippen LogP contribution in [-0.2, 0) is 38.9 Å². The fraction of sp³-hybridized carbons (Fsp3) is 0.957. The minimum atomic E-state index is -4.67. The van der Waals surface area contributed by atoms with Crippen LogP contribution in [0.25, 0.3) is 0 Å². The summed E-state index contributed by atoms with van der Waals surface area (Å²) in [6.07, 6.45) is 37.6. The number of ketones is 2. The number of rotatable bonds is 10. The van der Waals surface area contributed by atoms with Crippen molar-refractivity contribution in [3.05, 3.63) is 0 Å². The lowest BCUT2D eigenvalue weighted by atomic mass is 9.44. The summed E-state index contributed by atoms with van der Waals surface area (Å²) in [5.41, 5.74) is 1.89. The van der Waals surface area contributed by atoms with Crippen LogP contribution >= 0.6 is 0 Å². The topological polar surface area (TPSA) is 277 Å².